The van der Waals surface area contributed by atoms with Gasteiger partial charge in [0.15, 0.2) is 0 Å². The number of carbonyl (C=O) groups excluding carboxylic acids is 1. The summed E-state index contributed by atoms with van der Waals surface area (Å²) in [6, 6.07) is 11.6. The van der Waals surface area contributed by atoms with E-state index in [0.717, 1.165) is 33.4 Å². The minimum Gasteiger partial charge on any atom is -0.366 e. The molecule has 1 amide bonds. The maximum atomic E-state index is 11.6. The average Bonchev–Trinajstić information content (AvgIpc) is 2.48. The summed E-state index contributed by atoms with van der Waals surface area (Å²) in [5, 5.41) is 1.04. The molecule has 21 heavy (non-hydrogen) atoms. The largest absolute Gasteiger partial charge is 0.366 e. The maximum Gasteiger partial charge on any atom is 0.249 e. The molecule has 0 fully saturated rings. The molecule has 104 valence electrons. The highest BCUT2D eigenvalue weighted by atomic mass is 16.1. The van der Waals surface area contributed by atoms with Crippen molar-refractivity contribution in [3.8, 4) is 11.3 Å². The molecule has 0 unspecified atom stereocenters. The van der Waals surface area contributed by atoms with Gasteiger partial charge in [0.25, 0.3) is 0 Å². The Kier molecular flexibility index (Phi) is 3.14. The van der Waals surface area contributed by atoms with Crippen LogP contribution < -0.4 is 5.73 Å². The summed E-state index contributed by atoms with van der Waals surface area (Å²) in [7, 11) is 0. The molecule has 0 bridgehead atoms. The Labute approximate surface area is 122 Å². The fourth-order valence-electron chi connectivity index (χ4n) is 2.50. The van der Waals surface area contributed by atoms with Crippen LogP contribution in [0.2, 0.25) is 0 Å². The molecule has 0 atom stereocenters. The minimum absolute atomic E-state index is 0.429. The summed E-state index contributed by atoms with van der Waals surface area (Å²) in [6.07, 6.45) is 1.77. The molecule has 4 heteroatoms. The zero-order chi connectivity index (χ0) is 15.0. The summed E-state index contributed by atoms with van der Waals surface area (Å²) in [5.41, 5.74) is 10.2. The molecule has 0 spiro atoms. The Morgan fingerprint density at radius 3 is 2.71 bits per heavy atom. The van der Waals surface area contributed by atoms with Gasteiger partial charge in [-0.2, -0.15) is 0 Å². The van der Waals surface area contributed by atoms with Gasteiger partial charge in [-0.15, -0.1) is 0 Å². The van der Waals surface area contributed by atoms with Crippen LogP contribution in [0, 0.1) is 13.8 Å². The van der Waals surface area contributed by atoms with Gasteiger partial charge in [-0.3, -0.25) is 14.8 Å². The molecular weight excluding hydrogens is 262 g/mol. The lowest BCUT2D eigenvalue weighted by atomic mass is 9.99. The van der Waals surface area contributed by atoms with Crippen molar-refractivity contribution >= 4 is 16.8 Å². The number of carbonyl (C=O) groups is 1. The Bertz CT molecular complexity index is 856. The lowest BCUT2D eigenvalue weighted by Gasteiger charge is -2.11. The second kappa shape index (κ2) is 4.98. The Balaban J connectivity index is 2.24. The summed E-state index contributed by atoms with van der Waals surface area (Å²) in [4.78, 5) is 20.4. The van der Waals surface area contributed by atoms with Crippen molar-refractivity contribution in [2.24, 2.45) is 5.73 Å². The molecule has 2 N–H and O–H groups in total. The molecular formula is C17H15N3O. The van der Waals surface area contributed by atoms with E-state index in [4.69, 9.17) is 5.73 Å². The number of rotatable bonds is 2. The van der Waals surface area contributed by atoms with E-state index in [1.165, 1.54) is 0 Å². The van der Waals surface area contributed by atoms with Gasteiger partial charge in [0.2, 0.25) is 5.91 Å². The molecule has 3 aromatic rings. The van der Waals surface area contributed by atoms with E-state index in [1.54, 1.807) is 12.3 Å². The quantitative estimate of drug-likeness (QED) is 0.782. The van der Waals surface area contributed by atoms with Crippen LogP contribution in [0.25, 0.3) is 22.2 Å². The number of aryl methyl sites for hydroxylation is 1. The van der Waals surface area contributed by atoms with Gasteiger partial charge in [0.1, 0.15) is 0 Å². The van der Waals surface area contributed by atoms with Crippen LogP contribution in [0.5, 0.6) is 0 Å². The average molecular weight is 277 g/mol. The zero-order valence-electron chi connectivity index (χ0n) is 11.9. The number of primary amides is 1. The standard InChI is InChI=1S/C17H15N3O/c1-10-8-14(17(18)21)11(2)16(20-10)13-5-6-15-12(9-13)4-3-7-19-15/h3-9H,1-2H3,(H2,18,21). The van der Waals surface area contributed by atoms with Gasteiger partial charge < -0.3 is 5.73 Å². The first-order valence-electron chi connectivity index (χ1n) is 6.69. The smallest absolute Gasteiger partial charge is 0.249 e. The van der Waals surface area contributed by atoms with Crippen molar-refractivity contribution in [1.82, 2.24) is 9.97 Å². The topological polar surface area (TPSA) is 68.9 Å². The lowest BCUT2D eigenvalue weighted by molar-refractivity contribution is 0.0999. The van der Waals surface area contributed by atoms with Gasteiger partial charge in [0.05, 0.1) is 11.2 Å². The van der Waals surface area contributed by atoms with Crippen LogP contribution in [-0.2, 0) is 0 Å². The monoisotopic (exact) mass is 277 g/mol. The first-order chi connectivity index (χ1) is 10.1. The molecule has 4 nitrogen and oxygen atoms in total. The number of nitrogens with zero attached hydrogens (tertiary/aromatic N) is 2. The van der Waals surface area contributed by atoms with Crippen molar-refractivity contribution in [2.45, 2.75) is 13.8 Å². The van der Waals surface area contributed by atoms with Gasteiger partial charge >= 0.3 is 0 Å². The molecule has 0 aliphatic rings. The van der Waals surface area contributed by atoms with Crippen LogP contribution >= 0.6 is 0 Å². The van der Waals surface area contributed by atoms with E-state index >= 15 is 0 Å². The van der Waals surface area contributed by atoms with Gasteiger partial charge in [-0.05, 0) is 43.7 Å². The van der Waals surface area contributed by atoms with Gasteiger partial charge in [0, 0.05) is 28.4 Å². The second-order valence-electron chi connectivity index (χ2n) is 5.06. The van der Waals surface area contributed by atoms with Crippen LogP contribution in [0.3, 0.4) is 0 Å². The highest BCUT2D eigenvalue weighted by Gasteiger charge is 2.13. The van der Waals surface area contributed by atoms with Gasteiger partial charge in [-0.25, -0.2) is 0 Å². The number of benzene rings is 1. The van der Waals surface area contributed by atoms with Crippen LogP contribution in [-0.4, -0.2) is 15.9 Å². The van der Waals surface area contributed by atoms with E-state index < -0.39 is 5.91 Å². The number of fused-ring (bicyclic) bond motifs is 1. The van der Waals surface area contributed by atoms with Crippen molar-refractivity contribution in [1.29, 1.82) is 0 Å². The fraction of sp³-hybridized carbons (Fsp3) is 0.118. The summed E-state index contributed by atoms with van der Waals surface area (Å²) >= 11 is 0. The summed E-state index contributed by atoms with van der Waals surface area (Å²) < 4.78 is 0. The summed E-state index contributed by atoms with van der Waals surface area (Å²) in [5.74, 6) is -0.429. The van der Waals surface area contributed by atoms with Gasteiger partial charge in [-0.1, -0.05) is 12.1 Å². The highest BCUT2D eigenvalue weighted by Crippen LogP contribution is 2.27. The molecule has 0 aliphatic heterocycles. The zero-order valence-corrected chi connectivity index (χ0v) is 11.9. The molecule has 1 aromatic carbocycles. The summed E-state index contributed by atoms with van der Waals surface area (Å²) in [6.45, 7) is 3.73. The first-order valence-corrected chi connectivity index (χ1v) is 6.69. The predicted molar refractivity (Wildman–Crippen MR) is 83.0 cm³/mol. The Hall–Kier alpha value is -2.75. The van der Waals surface area contributed by atoms with E-state index in [-0.39, 0.29) is 0 Å². The predicted octanol–water partition coefficient (Wildman–Crippen LogP) is 3.01. The second-order valence-corrected chi connectivity index (χ2v) is 5.06. The van der Waals surface area contributed by atoms with Crippen LogP contribution in [0.15, 0.2) is 42.6 Å². The molecule has 0 aliphatic carbocycles. The normalized spacial score (nSPS) is 10.8. The number of pyridine rings is 2. The van der Waals surface area contributed by atoms with Crippen LogP contribution in [0.4, 0.5) is 0 Å². The molecule has 0 saturated heterocycles. The molecule has 0 radical (unpaired) electrons. The fourth-order valence-corrected chi connectivity index (χ4v) is 2.50. The minimum atomic E-state index is -0.429. The lowest BCUT2D eigenvalue weighted by Crippen LogP contribution is -2.14. The highest BCUT2D eigenvalue weighted by molar-refractivity contribution is 5.96. The Morgan fingerprint density at radius 2 is 1.95 bits per heavy atom. The molecule has 2 heterocycles. The van der Waals surface area contributed by atoms with Crippen molar-refractivity contribution < 1.29 is 4.79 Å². The SMILES string of the molecule is Cc1cc(C(N)=O)c(C)c(-c2ccc3ncccc3c2)n1. The number of hydrogen-bond donors (Lipinski definition) is 1. The van der Waals surface area contributed by atoms with E-state index in [9.17, 15) is 4.79 Å². The van der Waals surface area contributed by atoms with E-state index in [2.05, 4.69) is 9.97 Å². The third-order valence-corrected chi connectivity index (χ3v) is 3.54. The molecule has 2 aromatic heterocycles. The third kappa shape index (κ3) is 2.36. The van der Waals surface area contributed by atoms with E-state index in [1.807, 2.05) is 44.2 Å². The number of nitrogens with two attached hydrogens (primary N) is 1. The Morgan fingerprint density at radius 1 is 1.14 bits per heavy atom. The first kappa shape index (κ1) is 13.2. The third-order valence-electron chi connectivity index (χ3n) is 3.54. The van der Waals surface area contributed by atoms with Crippen molar-refractivity contribution in [3.05, 3.63) is 59.4 Å². The maximum absolute atomic E-state index is 11.6. The van der Waals surface area contributed by atoms with E-state index in [0.29, 0.717) is 5.56 Å². The molecule has 0 saturated carbocycles. The number of hydrogen-bond acceptors (Lipinski definition) is 3. The molecule has 3 rings (SSSR count). The van der Waals surface area contributed by atoms with Crippen molar-refractivity contribution in [3.63, 3.8) is 0 Å². The number of amides is 1. The van der Waals surface area contributed by atoms with Crippen LogP contribution in [0.1, 0.15) is 21.6 Å². The number of aromatic nitrogens is 2. The van der Waals surface area contributed by atoms with Crippen molar-refractivity contribution in [2.75, 3.05) is 0 Å².